The molecule has 0 unspecified atom stereocenters. The molecule has 1 aromatic carbocycles. The zero-order valence-electron chi connectivity index (χ0n) is 13.6. The van der Waals surface area contributed by atoms with Crippen LogP contribution in [0.2, 0.25) is 0 Å². The van der Waals surface area contributed by atoms with Gasteiger partial charge in [0, 0.05) is 30.5 Å². The monoisotopic (exact) mass is 351 g/mol. The molecule has 26 heavy (non-hydrogen) atoms. The lowest BCUT2D eigenvalue weighted by Crippen LogP contribution is -2.22. The highest BCUT2D eigenvalue weighted by Gasteiger charge is 2.29. The first kappa shape index (κ1) is 16.1. The van der Waals surface area contributed by atoms with E-state index >= 15 is 0 Å². The minimum Gasteiger partial charge on any atom is -0.469 e. The molecule has 1 atom stereocenters. The van der Waals surface area contributed by atoms with Crippen molar-refractivity contribution in [1.82, 2.24) is 9.97 Å². The van der Waals surface area contributed by atoms with Gasteiger partial charge in [0.1, 0.15) is 11.6 Å². The second-order valence-corrected chi connectivity index (χ2v) is 6.06. The number of furan rings is 1. The second kappa shape index (κ2) is 6.51. The molecule has 0 bridgehead atoms. The van der Waals surface area contributed by atoms with Gasteiger partial charge in [-0.25, -0.2) is 14.4 Å². The minimum atomic E-state index is -0.519. The number of amides is 1. The average Bonchev–Trinajstić information content (AvgIpc) is 3.16. The first-order valence-corrected chi connectivity index (χ1v) is 8.09. The van der Waals surface area contributed by atoms with Crippen LogP contribution in [0, 0.1) is 5.82 Å². The topological polar surface area (TPSA) is 85.1 Å². The van der Waals surface area contributed by atoms with Crippen LogP contribution in [-0.4, -0.2) is 21.7 Å². The summed E-state index contributed by atoms with van der Waals surface area (Å²) in [5, 5.41) is 2.54. The molecule has 6 nitrogen and oxygen atoms in total. The molecule has 1 N–H and O–H groups in total. The van der Waals surface area contributed by atoms with Crippen LogP contribution in [0.5, 0.6) is 0 Å². The Morgan fingerprint density at radius 1 is 1.23 bits per heavy atom. The van der Waals surface area contributed by atoms with Crippen LogP contribution in [-0.2, 0) is 6.42 Å². The van der Waals surface area contributed by atoms with E-state index in [2.05, 4.69) is 15.3 Å². The van der Waals surface area contributed by atoms with Gasteiger partial charge >= 0.3 is 0 Å². The highest BCUT2D eigenvalue weighted by Crippen LogP contribution is 2.32. The Morgan fingerprint density at radius 3 is 2.88 bits per heavy atom. The molecular formula is C19H14FN3O3. The van der Waals surface area contributed by atoms with Gasteiger partial charge in [0.25, 0.3) is 5.91 Å². The van der Waals surface area contributed by atoms with Gasteiger partial charge in [0.05, 0.1) is 17.5 Å². The van der Waals surface area contributed by atoms with E-state index in [1.54, 1.807) is 12.3 Å². The Bertz CT molecular complexity index is 985. The van der Waals surface area contributed by atoms with Crippen molar-refractivity contribution in [1.29, 1.82) is 0 Å². The normalized spacial score (nSPS) is 16.2. The fourth-order valence-electron chi connectivity index (χ4n) is 3.03. The van der Waals surface area contributed by atoms with Crippen molar-refractivity contribution in [2.75, 3.05) is 5.32 Å². The molecule has 0 aliphatic heterocycles. The third-order valence-corrected chi connectivity index (χ3v) is 4.30. The summed E-state index contributed by atoms with van der Waals surface area (Å²) in [6.07, 6.45) is 3.84. The van der Waals surface area contributed by atoms with Gasteiger partial charge in [0.2, 0.25) is 5.95 Å². The van der Waals surface area contributed by atoms with Crippen LogP contribution < -0.4 is 5.32 Å². The van der Waals surface area contributed by atoms with Crippen LogP contribution >= 0.6 is 0 Å². The number of halogens is 1. The number of anilines is 1. The summed E-state index contributed by atoms with van der Waals surface area (Å²) in [5.41, 5.74) is 1.18. The predicted molar refractivity (Wildman–Crippen MR) is 90.5 cm³/mol. The SMILES string of the molecule is O=C(Nc1ncc2c(n1)C[C@H](c1ccco1)CC2=O)c1cccc(F)c1. The van der Waals surface area contributed by atoms with Crippen molar-refractivity contribution in [3.8, 4) is 0 Å². The van der Waals surface area contributed by atoms with E-state index in [1.165, 1.54) is 24.4 Å². The molecule has 7 heteroatoms. The summed E-state index contributed by atoms with van der Waals surface area (Å²) >= 11 is 0. The molecule has 0 spiro atoms. The molecular weight excluding hydrogens is 337 g/mol. The number of nitrogens with zero attached hydrogens (tertiary/aromatic N) is 2. The Balaban J connectivity index is 1.58. The Labute approximate surface area is 148 Å². The zero-order valence-corrected chi connectivity index (χ0v) is 13.6. The van der Waals surface area contributed by atoms with Gasteiger partial charge in [-0.05, 0) is 30.3 Å². The molecule has 130 valence electrons. The fraction of sp³-hybridized carbons (Fsp3) is 0.158. The summed E-state index contributed by atoms with van der Waals surface area (Å²) in [6.45, 7) is 0. The first-order valence-electron chi connectivity index (χ1n) is 8.09. The summed E-state index contributed by atoms with van der Waals surface area (Å²) < 4.78 is 18.7. The Hall–Kier alpha value is -3.35. The highest BCUT2D eigenvalue weighted by molar-refractivity contribution is 6.03. The van der Waals surface area contributed by atoms with Crippen LogP contribution in [0.3, 0.4) is 0 Å². The van der Waals surface area contributed by atoms with Crippen molar-refractivity contribution in [2.45, 2.75) is 18.8 Å². The number of hydrogen-bond donors (Lipinski definition) is 1. The van der Waals surface area contributed by atoms with Gasteiger partial charge in [-0.3, -0.25) is 14.9 Å². The largest absolute Gasteiger partial charge is 0.469 e. The van der Waals surface area contributed by atoms with Crippen LogP contribution in [0.1, 0.15) is 44.5 Å². The maximum absolute atomic E-state index is 13.3. The average molecular weight is 351 g/mol. The van der Waals surface area contributed by atoms with E-state index in [-0.39, 0.29) is 23.2 Å². The van der Waals surface area contributed by atoms with Crippen molar-refractivity contribution in [3.05, 3.63) is 77.3 Å². The molecule has 0 saturated carbocycles. The highest BCUT2D eigenvalue weighted by atomic mass is 19.1. The molecule has 0 saturated heterocycles. The van der Waals surface area contributed by atoms with Crippen molar-refractivity contribution >= 4 is 17.6 Å². The van der Waals surface area contributed by atoms with Crippen molar-refractivity contribution in [3.63, 3.8) is 0 Å². The number of rotatable bonds is 3. The zero-order chi connectivity index (χ0) is 18.1. The van der Waals surface area contributed by atoms with Gasteiger partial charge < -0.3 is 4.42 Å². The van der Waals surface area contributed by atoms with E-state index < -0.39 is 11.7 Å². The van der Waals surface area contributed by atoms with Crippen LogP contribution in [0.15, 0.2) is 53.3 Å². The number of benzene rings is 1. The summed E-state index contributed by atoms with van der Waals surface area (Å²) in [6, 6.07) is 8.94. The lowest BCUT2D eigenvalue weighted by Gasteiger charge is -2.21. The van der Waals surface area contributed by atoms with Gasteiger partial charge in [0.15, 0.2) is 5.78 Å². The summed E-state index contributed by atoms with van der Waals surface area (Å²) in [5.74, 6) is -0.369. The number of carbonyl (C=O) groups is 2. The Kier molecular flexibility index (Phi) is 4.04. The number of nitrogens with one attached hydrogen (secondary N) is 1. The Morgan fingerprint density at radius 2 is 2.12 bits per heavy atom. The maximum Gasteiger partial charge on any atom is 0.258 e. The predicted octanol–water partition coefficient (Wildman–Crippen LogP) is 3.37. The molecule has 1 aliphatic carbocycles. The van der Waals surface area contributed by atoms with Gasteiger partial charge in [-0.2, -0.15) is 0 Å². The fourth-order valence-corrected chi connectivity index (χ4v) is 3.03. The third kappa shape index (κ3) is 3.11. The summed E-state index contributed by atoms with van der Waals surface area (Å²) in [4.78, 5) is 32.9. The number of hydrogen-bond acceptors (Lipinski definition) is 5. The smallest absolute Gasteiger partial charge is 0.258 e. The van der Waals surface area contributed by atoms with E-state index in [9.17, 15) is 14.0 Å². The molecule has 1 aliphatic rings. The quantitative estimate of drug-likeness (QED) is 0.782. The number of ketones is 1. The number of Topliss-reactive ketones (excluding diaryl/α,β-unsaturated/α-hetero) is 1. The van der Waals surface area contributed by atoms with Gasteiger partial charge in [-0.15, -0.1) is 0 Å². The molecule has 0 radical (unpaired) electrons. The van der Waals surface area contributed by atoms with Crippen molar-refractivity contribution < 1.29 is 18.4 Å². The van der Waals surface area contributed by atoms with E-state index in [0.29, 0.717) is 24.1 Å². The van der Waals surface area contributed by atoms with E-state index in [0.717, 1.165) is 11.8 Å². The number of carbonyl (C=O) groups excluding carboxylic acids is 2. The third-order valence-electron chi connectivity index (χ3n) is 4.30. The standard InChI is InChI=1S/C19H14FN3O3/c20-13-4-1-3-11(7-13)18(25)23-19-21-10-14-15(22-19)8-12(9-16(14)24)17-5-2-6-26-17/h1-7,10,12H,8-9H2,(H,21,22,23,25)/t12-/m0/s1. The molecule has 2 heterocycles. The maximum atomic E-state index is 13.3. The molecule has 0 fully saturated rings. The van der Waals surface area contributed by atoms with Crippen LogP contribution in [0.25, 0.3) is 0 Å². The lowest BCUT2D eigenvalue weighted by molar-refractivity contribution is 0.0958. The molecule has 4 rings (SSSR count). The van der Waals surface area contributed by atoms with E-state index in [4.69, 9.17) is 4.42 Å². The molecule has 3 aromatic rings. The lowest BCUT2D eigenvalue weighted by atomic mass is 9.85. The summed E-state index contributed by atoms with van der Waals surface area (Å²) in [7, 11) is 0. The van der Waals surface area contributed by atoms with E-state index in [1.807, 2.05) is 6.07 Å². The number of fused-ring (bicyclic) bond motifs is 1. The molecule has 2 aromatic heterocycles. The second-order valence-electron chi connectivity index (χ2n) is 6.06. The minimum absolute atomic E-state index is 0.0596. The number of aromatic nitrogens is 2. The first-order chi connectivity index (χ1) is 12.6. The van der Waals surface area contributed by atoms with Crippen LogP contribution in [0.4, 0.5) is 10.3 Å². The van der Waals surface area contributed by atoms with Gasteiger partial charge in [-0.1, -0.05) is 6.07 Å². The molecule has 1 amide bonds. The van der Waals surface area contributed by atoms with Crippen molar-refractivity contribution in [2.24, 2.45) is 0 Å².